The number of rotatable bonds is 5. The van der Waals surface area contributed by atoms with Crippen molar-refractivity contribution in [3.8, 4) is 0 Å². The summed E-state index contributed by atoms with van der Waals surface area (Å²) in [6.07, 6.45) is 5.21. The summed E-state index contributed by atoms with van der Waals surface area (Å²) in [5.41, 5.74) is 7.78. The van der Waals surface area contributed by atoms with Crippen molar-refractivity contribution in [1.29, 1.82) is 0 Å². The van der Waals surface area contributed by atoms with E-state index in [2.05, 4.69) is 11.9 Å². The van der Waals surface area contributed by atoms with Crippen molar-refractivity contribution in [3.63, 3.8) is 0 Å². The third-order valence-corrected chi connectivity index (χ3v) is 4.09. The van der Waals surface area contributed by atoms with Gasteiger partial charge in [-0.25, -0.2) is 4.39 Å². The van der Waals surface area contributed by atoms with Crippen LogP contribution in [0.1, 0.15) is 38.2 Å². The molecule has 0 bridgehead atoms. The van der Waals surface area contributed by atoms with Crippen LogP contribution in [0.25, 0.3) is 0 Å². The van der Waals surface area contributed by atoms with E-state index < -0.39 is 0 Å². The predicted octanol–water partition coefficient (Wildman–Crippen LogP) is 3.09. The number of hydrogen-bond donors (Lipinski definition) is 1. The molecule has 2 N–H and O–H groups in total. The second-order valence-corrected chi connectivity index (χ2v) is 5.31. The molecule has 0 aromatic heterocycles. The molecular weight excluding hydrogens is 227 g/mol. The van der Waals surface area contributed by atoms with Crippen molar-refractivity contribution >= 4 is 5.69 Å². The van der Waals surface area contributed by atoms with Crippen LogP contribution in [0.3, 0.4) is 0 Å². The minimum absolute atomic E-state index is 0.0374. The molecule has 2 rings (SSSR count). The Kier molecular flexibility index (Phi) is 4.23. The Morgan fingerprint density at radius 1 is 1.44 bits per heavy atom. The van der Waals surface area contributed by atoms with Gasteiger partial charge in [0, 0.05) is 30.4 Å². The van der Waals surface area contributed by atoms with E-state index in [4.69, 9.17) is 5.73 Å². The molecule has 1 saturated carbocycles. The molecule has 18 heavy (non-hydrogen) atoms. The fraction of sp³-hybridized carbons (Fsp3) is 0.600. The summed E-state index contributed by atoms with van der Waals surface area (Å²) in [5, 5.41) is 0. The zero-order valence-corrected chi connectivity index (χ0v) is 11.3. The second kappa shape index (κ2) is 5.70. The van der Waals surface area contributed by atoms with E-state index in [0.29, 0.717) is 12.5 Å². The third kappa shape index (κ3) is 2.66. The van der Waals surface area contributed by atoms with Gasteiger partial charge in [0.05, 0.1) is 0 Å². The normalized spacial score (nSPS) is 17.3. The fourth-order valence-corrected chi connectivity index (χ4v) is 2.46. The third-order valence-electron chi connectivity index (χ3n) is 4.09. The van der Waals surface area contributed by atoms with E-state index >= 15 is 0 Å². The van der Waals surface area contributed by atoms with E-state index in [-0.39, 0.29) is 11.9 Å². The molecule has 1 unspecified atom stereocenters. The predicted molar refractivity (Wildman–Crippen MR) is 74.4 cm³/mol. The monoisotopic (exact) mass is 250 g/mol. The van der Waals surface area contributed by atoms with Gasteiger partial charge in [-0.05, 0) is 44.2 Å². The van der Waals surface area contributed by atoms with Gasteiger partial charge in [-0.3, -0.25) is 0 Å². The van der Waals surface area contributed by atoms with Crippen molar-refractivity contribution < 1.29 is 4.39 Å². The molecule has 1 aliphatic carbocycles. The van der Waals surface area contributed by atoms with Crippen LogP contribution in [-0.2, 0) is 6.42 Å². The molecule has 0 saturated heterocycles. The van der Waals surface area contributed by atoms with Gasteiger partial charge in [-0.2, -0.15) is 0 Å². The van der Waals surface area contributed by atoms with Crippen LogP contribution in [0.2, 0.25) is 0 Å². The first-order valence-electron chi connectivity index (χ1n) is 6.89. The molecule has 1 aliphatic rings. The van der Waals surface area contributed by atoms with Crippen LogP contribution in [-0.4, -0.2) is 19.1 Å². The summed E-state index contributed by atoms with van der Waals surface area (Å²) in [5.74, 6) is -0.123. The Morgan fingerprint density at radius 3 is 2.72 bits per heavy atom. The van der Waals surface area contributed by atoms with E-state index in [0.717, 1.165) is 17.7 Å². The van der Waals surface area contributed by atoms with Crippen molar-refractivity contribution in [2.24, 2.45) is 5.73 Å². The summed E-state index contributed by atoms with van der Waals surface area (Å²) in [6.45, 7) is 2.04. The van der Waals surface area contributed by atoms with Crippen molar-refractivity contribution in [1.82, 2.24) is 0 Å². The quantitative estimate of drug-likeness (QED) is 0.870. The van der Waals surface area contributed by atoms with Gasteiger partial charge in [0.2, 0.25) is 0 Å². The Morgan fingerprint density at radius 2 is 2.17 bits per heavy atom. The molecule has 3 heteroatoms. The van der Waals surface area contributed by atoms with E-state index in [1.165, 1.54) is 25.3 Å². The minimum Gasteiger partial charge on any atom is -0.371 e. The molecule has 0 spiro atoms. The van der Waals surface area contributed by atoms with Crippen LogP contribution in [0.4, 0.5) is 10.1 Å². The average Bonchev–Trinajstić information content (AvgIpc) is 2.29. The number of halogens is 1. The lowest BCUT2D eigenvalue weighted by atomic mass is 9.90. The highest BCUT2D eigenvalue weighted by atomic mass is 19.1. The van der Waals surface area contributed by atoms with Crippen LogP contribution < -0.4 is 10.6 Å². The molecule has 1 fully saturated rings. The molecule has 1 aromatic carbocycles. The smallest absolute Gasteiger partial charge is 0.128 e. The van der Waals surface area contributed by atoms with Crippen molar-refractivity contribution in [2.75, 3.05) is 11.9 Å². The summed E-state index contributed by atoms with van der Waals surface area (Å²) in [7, 11) is 2.07. The molecule has 0 heterocycles. The van der Waals surface area contributed by atoms with E-state index in [1.54, 1.807) is 6.07 Å². The Hall–Kier alpha value is -1.09. The highest BCUT2D eigenvalue weighted by Gasteiger charge is 2.24. The van der Waals surface area contributed by atoms with E-state index in [9.17, 15) is 4.39 Å². The van der Waals surface area contributed by atoms with Gasteiger partial charge in [-0.15, -0.1) is 0 Å². The van der Waals surface area contributed by atoms with Crippen LogP contribution >= 0.6 is 0 Å². The molecule has 1 aromatic rings. The van der Waals surface area contributed by atoms with Gasteiger partial charge in [0.15, 0.2) is 0 Å². The molecule has 2 nitrogen and oxygen atoms in total. The highest BCUT2D eigenvalue weighted by molar-refractivity contribution is 5.55. The summed E-state index contributed by atoms with van der Waals surface area (Å²) < 4.78 is 14.0. The Balaban J connectivity index is 2.24. The fourth-order valence-electron chi connectivity index (χ4n) is 2.46. The van der Waals surface area contributed by atoms with Crippen LogP contribution in [0, 0.1) is 5.82 Å². The Labute approximate surface area is 109 Å². The summed E-state index contributed by atoms with van der Waals surface area (Å²) in [4.78, 5) is 2.23. The first kappa shape index (κ1) is 13.3. The molecule has 100 valence electrons. The number of benzene rings is 1. The van der Waals surface area contributed by atoms with Crippen molar-refractivity contribution in [3.05, 3.63) is 29.6 Å². The lowest BCUT2D eigenvalue weighted by molar-refractivity contribution is 0.400. The maximum absolute atomic E-state index is 14.0. The highest BCUT2D eigenvalue weighted by Crippen LogP contribution is 2.31. The molecule has 0 aliphatic heterocycles. The number of hydrogen-bond acceptors (Lipinski definition) is 2. The van der Waals surface area contributed by atoms with Gasteiger partial charge in [-0.1, -0.05) is 13.0 Å². The number of nitrogens with two attached hydrogens (primary N) is 1. The van der Waals surface area contributed by atoms with Gasteiger partial charge >= 0.3 is 0 Å². The standard InChI is InChI=1S/C15H23FN2/c1-3-11(17)10-13-14(16)8-5-9-15(13)18(2)12-6-4-7-12/h5,8-9,11-12H,3-4,6-7,10,17H2,1-2H3. The number of nitrogens with zero attached hydrogens (tertiary/aromatic N) is 1. The largest absolute Gasteiger partial charge is 0.371 e. The topological polar surface area (TPSA) is 29.3 Å². The molecule has 0 amide bonds. The average molecular weight is 250 g/mol. The first-order valence-corrected chi connectivity index (χ1v) is 6.89. The lowest BCUT2D eigenvalue weighted by Crippen LogP contribution is -2.38. The molecule has 1 atom stereocenters. The Bertz CT molecular complexity index is 401. The first-order chi connectivity index (χ1) is 8.63. The van der Waals surface area contributed by atoms with Gasteiger partial charge in [0.1, 0.15) is 5.82 Å². The molecule has 0 radical (unpaired) electrons. The maximum atomic E-state index is 14.0. The van der Waals surface area contributed by atoms with E-state index in [1.807, 2.05) is 13.0 Å². The minimum atomic E-state index is -0.123. The number of anilines is 1. The SMILES string of the molecule is CCC(N)Cc1c(F)cccc1N(C)C1CCC1. The summed E-state index contributed by atoms with van der Waals surface area (Å²) in [6, 6.07) is 5.95. The van der Waals surface area contributed by atoms with Gasteiger partial charge < -0.3 is 10.6 Å². The lowest BCUT2D eigenvalue weighted by Gasteiger charge is -2.37. The van der Waals surface area contributed by atoms with Crippen LogP contribution in [0.5, 0.6) is 0 Å². The van der Waals surface area contributed by atoms with Gasteiger partial charge in [0.25, 0.3) is 0 Å². The zero-order chi connectivity index (χ0) is 13.1. The summed E-state index contributed by atoms with van der Waals surface area (Å²) >= 11 is 0. The second-order valence-electron chi connectivity index (χ2n) is 5.31. The van der Waals surface area contributed by atoms with Crippen molar-refractivity contribution in [2.45, 2.75) is 51.1 Å². The van der Waals surface area contributed by atoms with Crippen LogP contribution in [0.15, 0.2) is 18.2 Å². The zero-order valence-electron chi connectivity index (χ0n) is 11.3. The molecular formula is C15H23FN2. The maximum Gasteiger partial charge on any atom is 0.128 e.